The van der Waals surface area contributed by atoms with Gasteiger partial charge in [0.15, 0.2) is 5.82 Å². The number of benzene rings is 1. The molecule has 0 bridgehead atoms. The highest BCUT2D eigenvalue weighted by Gasteiger charge is 2.37. The number of nitrogens with zero attached hydrogens (tertiary/aromatic N) is 3. The third kappa shape index (κ3) is 2.48. The quantitative estimate of drug-likeness (QED) is 0.792. The summed E-state index contributed by atoms with van der Waals surface area (Å²) in [5, 5.41) is 15.6. The average Bonchev–Trinajstić information content (AvgIpc) is 3.14. The van der Waals surface area contributed by atoms with Gasteiger partial charge in [0.1, 0.15) is 17.9 Å². The van der Waals surface area contributed by atoms with Crippen LogP contribution in [-0.4, -0.2) is 48.8 Å². The molecule has 4 rings (SSSR count). The first-order valence-electron chi connectivity index (χ1n) is 7.91. The first-order valence-corrected chi connectivity index (χ1v) is 7.91. The number of carboxylic acids is 1. The van der Waals surface area contributed by atoms with Crippen LogP contribution in [-0.2, 0) is 24.3 Å². The minimum absolute atomic E-state index is 0.0431. The summed E-state index contributed by atoms with van der Waals surface area (Å²) >= 11 is 0. The van der Waals surface area contributed by atoms with Crippen LogP contribution in [0.5, 0.6) is 5.75 Å². The maximum absolute atomic E-state index is 12.9. The Balaban J connectivity index is 1.68. The van der Waals surface area contributed by atoms with E-state index in [9.17, 15) is 19.5 Å². The Labute approximate surface area is 141 Å². The number of amides is 1. The molecular weight excluding hydrogens is 328 g/mol. The van der Waals surface area contributed by atoms with Gasteiger partial charge in [-0.05, 0) is 30.7 Å². The van der Waals surface area contributed by atoms with Crippen molar-refractivity contribution in [2.75, 3.05) is 0 Å². The number of fused-ring (bicyclic) bond motifs is 2. The molecule has 9 heteroatoms. The molecule has 0 saturated carbocycles. The van der Waals surface area contributed by atoms with Gasteiger partial charge in [-0.1, -0.05) is 0 Å². The normalized spacial score (nSPS) is 21.4. The number of nitrogens with one attached hydrogen (secondary N) is 1. The number of rotatable bonds is 2. The zero-order valence-electron chi connectivity index (χ0n) is 13.4. The third-order valence-corrected chi connectivity index (χ3v) is 4.57. The van der Waals surface area contributed by atoms with Crippen molar-refractivity contribution in [3.05, 3.63) is 45.6 Å². The first-order chi connectivity index (χ1) is 11.9. The predicted molar refractivity (Wildman–Crippen MR) is 84.4 cm³/mol. The molecule has 2 unspecified atom stereocenters. The number of carbonyl (C=O) groups excluding carboxylic acids is 1. The molecule has 1 aromatic carbocycles. The summed E-state index contributed by atoms with van der Waals surface area (Å²) in [6, 6.07) is 3.98. The van der Waals surface area contributed by atoms with E-state index in [2.05, 4.69) is 10.2 Å². The van der Waals surface area contributed by atoms with E-state index in [1.807, 2.05) is 6.92 Å². The van der Waals surface area contributed by atoms with Gasteiger partial charge in [0, 0.05) is 12.0 Å². The molecule has 2 aliphatic heterocycles. The lowest BCUT2D eigenvalue weighted by Gasteiger charge is -2.32. The fourth-order valence-corrected chi connectivity index (χ4v) is 3.34. The van der Waals surface area contributed by atoms with Crippen LogP contribution < -0.4 is 10.4 Å². The van der Waals surface area contributed by atoms with Crippen LogP contribution in [0.4, 0.5) is 0 Å². The molecule has 1 aromatic heterocycles. The van der Waals surface area contributed by atoms with Gasteiger partial charge in [0.2, 0.25) is 0 Å². The molecule has 2 atom stereocenters. The zero-order chi connectivity index (χ0) is 17.7. The number of aliphatic carboxylic acids is 1. The predicted octanol–water partition coefficient (Wildman–Crippen LogP) is 0.00400. The molecule has 0 saturated heterocycles. The Hall–Kier alpha value is -3.10. The highest BCUT2D eigenvalue weighted by atomic mass is 16.5. The number of hydrogen-bond donors (Lipinski definition) is 2. The minimum Gasteiger partial charge on any atom is -0.490 e. The van der Waals surface area contributed by atoms with Crippen LogP contribution in [0.3, 0.4) is 0 Å². The summed E-state index contributed by atoms with van der Waals surface area (Å²) < 4.78 is 6.88. The number of aromatic nitrogens is 3. The molecule has 0 radical (unpaired) electrons. The van der Waals surface area contributed by atoms with Gasteiger partial charge in [0.25, 0.3) is 5.91 Å². The van der Waals surface area contributed by atoms with Crippen LogP contribution in [0.25, 0.3) is 0 Å². The number of ether oxygens (including phenoxy) is 1. The van der Waals surface area contributed by atoms with E-state index >= 15 is 0 Å². The lowest BCUT2D eigenvalue weighted by molar-refractivity contribution is -0.143. The standard InChI is InChI=1S/C16H16N4O5/c1-8-4-10-5-9(2-3-12(10)25-8)14(21)19-7-13-17-18-16(24)20(13)6-11(19)15(22)23/h2-3,5,8,11H,4,6-7H2,1H3,(H,18,24)(H,22,23). The number of carboxylic acid groups (broad SMARTS) is 1. The highest BCUT2D eigenvalue weighted by molar-refractivity contribution is 5.97. The topological polar surface area (TPSA) is 118 Å². The molecule has 0 aliphatic carbocycles. The first kappa shape index (κ1) is 15.4. The second-order valence-corrected chi connectivity index (χ2v) is 6.30. The number of carbonyl (C=O) groups is 2. The SMILES string of the molecule is CC1Cc2cc(C(=O)N3Cc4n[nH]c(=O)n4CC3C(=O)O)ccc2O1. The van der Waals surface area contributed by atoms with Crippen LogP contribution in [0.2, 0.25) is 0 Å². The van der Waals surface area contributed by atoms with Crippen molar-refractivity contribution in [2.24, 2.45) is 0 Å². The van der Waals surface area contributed by atoms with Gasteiger partial charge in [-0.15, -0.1) is 0 Å². The van der Waals surface area contributed by atoms with Crippen molar-refractivity contribution in [1.29, 1.82) is 0 Å². The van der Waals surface area contributed by atoms with Crippen molar-refractivity contribution in [3.63, 3.8) is 0 Å². The molecule has 3 heterocycles. The molecule has 0 spiro atoms. The summed E-state index contributed by atoms with van der Waals surface area (Å²) in [5.41, 5.74) is 0.852. The fraction of sp³-hybridized carbons (Fsp3) is 0.375. The molecule has 2 aromatic rings. The monoisotopic (exact) mass is 344 g/mol. The maximum atomic E-state index is 12.9. The lowest BCUT2D eigenvalue weighted by atomic mass is 10.0. The van der Waals surface area contributed by atoms with E-state index in [4.69, 9.17) is 4.74 Å². The fourth-order valence-electron chi connectivity index (χ4n) is 3.34. The minimum atomic E-state index is -1.16. The Kier molecular flexibility index (Phi) is 3.38. The summed E-state index contributed by atoms with van der Waals surface area (Å²) in [6.07, 6.45) is 0.762. The summed E-state index contributed by atoms with van der Waals surface area (Å²) in [7, 11) is 0. The molecule has 2 N–H and O–H groups in total. The Morgan fingerprint density at radius 1 is 1.40 bits per heavy atom. The highest BCUT2D eigenvalue weighted by Crippen LogP contribution is 2.30. The van der Waals surface area contributed by atoms with Gasteiger partial charge < -0.3 is 14.7 Å². The summed E-state index contributed by atoms with van der Waals surface area (Å²) in [5.74, 6) is -0.478. The van der Waals surface area contributed by atoms with Crippen LogP contribution in [0.1, 0.15) is 28.7 Å². The number of hydrogen-bond acceptors (Lipinski definition) is 5. The van der Waals surface area contributed by atoms with E-state index in [0.717, 1.165) is 11.3 Å². The molecule has 9 nitrogen and oxygen atoms in total. The van der Waals surface area contributed by atoms with Gasteiger partial charge in [-0.2, -0.15) is 5.10 Å². The van der Waals surface area contributed by atoms with Crippen molar-refractivity contribution < 1.29 is 19.4 Å². The third-order valence-electron chi connectivity index (χ3n) is 4.57. The van der Waals surface area contributed by atoms with Crippen molar-refractivity contribution >= 4 is 11.9 Å². The van der Waals surface area contributed by atoms with Gasteiger partial charge >= 0.3 is 11.7 Å². The van der Waals surface area contributed by atoms with Gasteiger partial charge in [-0.3, -0.25) is 9.36 Å². The van der Waals surface area contributed by atoms with Crippen molar-refractivity contribution in [1.82, 2.24) is 19.7 Å². The van der Waals surface area contributed by atoms with E-state index in [-0.39, 0.29) is 19.2 Å². The van der Waals surface area contributed by atoms with E-state index in [1.165, 1.54) is 9.47 Å². The van der Waals surface area contributed by atoms with Crippen LogP contribution in [0.15, 0.2) is 23.0 Å². The molecular formula is C16H16N4O5. The molecule has 2 aliphatic rings. The smallest absolute Gasteiger partial charge is 0.343 e. The molecule has 130 valence electrons. The average molecular weight is 344 g/mol. The number of H-pyrrole nitrogens is 1. The zero-order valence-corrected chi connectivity index (χ0v) is 13.4. The largest absolute Gasteiger partial charge is 0.490 e. The Morgan fingerprint density at radius 3 is 2.96 bits per heavy atom. The van der Waals surface area contributed by atoms with Crippen LogP contribution in [0, 0.1) is 0 Å². The van der Waals surface area contributed by atoms with Gasteiger partial charge in [-0.25, -0.2) is 14.7 Å². The van der Waals surface area contributed by atoms with Crippen molar-refractivity contribution in [2.45, 2.75) is 38.6 Å². The van der Waals surface area contributed by atoms with E-state index < -0.39 is 23.6 Å². The van der Waals surface area contributed by atoms with E-state index in [1.54, 1.807) is 18.2 Å². The van der Waals surface area contributed by atoms with Crippen LogP contribution >= 0.6 is 0 Å². The number of aromatic amines is 1. The molecule has 1 amide bonds. The van der Waals surface area contributed by atoms with Gasteiger partial charge in [0.05, 0.1) is 13.1 Å². The van der Waals surface area contributed by atoms with E-state index in [0.29, 0.717) is 17.8 Å². The Morgan fingerprint density at radius 2 is 2.20 bits per heavy atom. The lowest BCUT2D eigenvalue weighted by Crippen LogP contribution is -2.52. The molecule has 0 fully saturated rings. The second kappa shape index (κ2) is 5.47. The summed E-state index contributed by atoms with van der Waals surface area (Å²) in [6.45, 7) is 1.78. The second-order valence-electron chi connectivity index (χ2n) is 6.30. The Bertz CT molecular complexity index is 931. The van der Waals surface area contributed by atoms with Crippen molar-refractivity contribution in [3.8, 4) is 5.75 Å². The molecule has 25 heavy (non-hydrogen) atoms. The maximum Gasteiger partial charge on any atom is 0.343 e. The summed E-state index contributed by atoms with van der Waals surface area (Å²) in [4.78, 5) is 37.4.